The lowest BCUT2D eigenvalue weighted by atomic mass is 10.1. The van der Waals surface area contributed by atoms with Gasteiger partial charge in [0.05, 0.1) is 18.0 Å². The van der Waals surface area contributed by atoms with Crippen molar-refractivity contribution < 1.29 is 15.3 Å². The van der Waals surface area contributed by atoms with Gasteiger partial charge in [0.2, 0.25) is 0 Å². The molecular weight excluding hydrogens is 248 g/mol. The Morgan fingerprint density at radius 1 is 1.16 bits per heavy atom. The Morgan fingerprint density at radius 3 is 2.47 bits per heavy atom. The summed E-state index contributed by atoms with van der Waals surface area (Å²) in [5.74, 6) is 0. The fourth-order valence-corrected chi connectivity index (χ4v) is 1.62. The number of aliphatic hydroxyl groups is 3. The molecule has 0 aliphatic heterocycles. The molecule has 0 amide bonds. The van der Waals surface area contributed by atoms with Crippen LogP contribution in [0.5, 0.6) is 0 Å². The molecule has 102 valence electrons. The van der Waals surface area contributed by atoms with Crippen LogP contribution in [0.3, 0.4) is 0 Å². The van der Waals surface area contributed by atoms with Crippen LogP contribution in [0, 0.1) is 0 Å². The Morgan fingerprint density at radius 2 is 1.84 bits per heavy atom. The smallest absolute Gasteiger partial charge is 0.128 e. The molecule has 1 heterocycles. The van der Waals surface area contributed by atoms with Crippen molar-refractivity contribution in [3.8, 4) is 5.69 Å². The third kappa shape index (κ3) is 2.96. The summed E-state index contributed by atoms with van der Waals surface area (Å²) in [7, 11) is 0. The molecule has 19 heavy (non-hydrogen) atoms. The van der Waals surface area contributed by atoms with Crippen LogP contribution >= 0.6 is 0 Å². The van der Waals surface area contributed by atoms with Crippen molar-refractivity contribution in [1.29, 1.82) is 0 Å². The van der Waals surface area contributed by atoms with E-state index in [-0.39, 0.29) is 12.2 Å². The first-order valence-electron chi connectivity index (χ1n) is 5.85. The van der Waals surface area contributed by atoms with E-state index in [2.05, 4.69) is 10.2 Å². The van der Waals surface area contributed by atoms with Gasteiger partial charge in [-0.15, -0.1) is 0 Å². The predicted molar refractivity (Wildman–Crippen MR) is 67.4 cm³/mol. The van der Waals surface area contributed by atoms with Gasteiger partial charge in [-0.3, -0.25) is 0 Å². The first-order chi connectivity index (χ1) is 9.13. The fraction of sp³-hybridized carbons (Fsp3) is 0.333. The first kappa shape index (κ1) is 13.6. The van der Waals surface area contributed by atoms with Gasteiger partial charge in [0.1, 0.15) is 17.9 Å². The third-order valence-corrected chi connectivity index (χ3v) is 2.76. The molecule has 0 aliphatic rings. The van der Waals surface area contributed by atoms with Crippen molar-refractivity contribution in [2.45, 2.75) is 18.3 Å². The molecule has 7 nitrogen and oxygen atoms in total. The van der Waals surface area contributed by atoms with Crippen LogP contribution in [-0.4, -0.2) is 49.1 Å². The van der Waals surface area contributed by atoms with Gasteiger partial charge < -0.3 is 21.1 Å². The maximum Gasteiger partial charge on any atom is 0.128 e. The van der Waals surface area contributed by atoms with E-state index in [1.54, 1.807) is 12.1 Å². The van der Waals surface area contributed by atoms with Gasteiger partial charge in [-0.05, 0) is 12.1 Å². The van der Waals surface area contributed by atoms with E-state index in [9.17, 15) is 15.3 Å². The van der Waals surface area contributed by atoms with Crippen molar-refractivity contribution in [2.24, 2.45) is 5.73 Å². The topological polar surface area (TPSA) is 117 Å². The van der Waals surface area contributed by atoms with Crippen LogP contribution in [0.4, 0.5) is 0 Å². The molecule has 0 spiro atoms. The highest BCUT2D eigenvalue weighted by molar-refractivity contribution is 5.28. The zero-order valence-corrected chi connectivity index (χ0v) is 10.2. The van der Waals surface area contributed by atoms with Crippen LogP contribution in [-0.2, 0) is 0 Å². The molecule has 0 saturated carbocycles. The van der Waals surface area contributed by atoms with Crippen molar-refractivity contribution in [3.05, 3.63) is 42.2 Å². The molecule has 1 aromatic heterocycles. The van der Waals surface area contributed by atoms with Crippen molar-refractivity contribution in [1.82, 2.24) is 15.0 Å². The summed E-state index contributed by atoms with van der Waals surface area (Å²) in [6, 6.07) is 9.15. The number of aliphatic hydroxyl groups excluding tert-OH is 3. The largest absolute Gasteiger partial charge is 0.389 e. The molecule has 0 fully saturated rings. The van der Waals surface area contributed by atoms with Crippen LogP contribution in [0.25, 0.3) is 5.69 Å². The third-order valence-electron chi connectivity index (χ3n) is 2.76. The molecule has 5 N–H and O–H groups in total. The standard InChI is InChI=1S/C12H16N4O3/c13-6-10(17)12(19)11(18)9-7-14-16(15-9)8-4-2-1-3-5-8/h1-5,7,10-12,17-19H,6,13H2/t10-,11+,12-/m1/s1. The molecule has 7 heteroatoms. The summed E-state index contributed by atoms with van der Waals surface area (Å²) in [5, 5.41) is 37.0. The molecule has 0 unspecified atom stereocenters. The minimum absolute atomic E-state index is 0.148. The van der Waals surface area contributed by atoms with Gasteiger partial charge in [-0.25, -0.2) is 0 Å². The number of hydrogen-bond acceptors (Lipinski definition) is 6. The van der Waals surface area contributed by atoms with Gasteiger partial charge in [-0.1, -0.05) is 18.2 Å². The molecular formula is C12H16N4O3. The second-order valence-corrected chi connectivity index (χ2v) is 4.13. The van der Waals surface area contributed by atoms with Gasteiger partial charge in [0.15, 0.2) is 0 Å². The SMILES string of the molecule is NC[C@@H](O)[C@@H](O)[C@@H](O)c1cnn(-c2ccccc2)n1. The number of rotatable bonds is 5. The molecule has 0 saturated heterocycles. The van der Waals surface area contributed by atoms with Gasteiger partial charge >= 0.3 is 0 Å². The summed E-state index contributed by atoms with van der Waals surface area (Å²) >= 11 is 0. The average molecular weight is 264 g/mol. The second kappa shape index (κ2) is 5.89. The van der Waals surface area contributed by atoms with E-state index in [4.69, 9.17) is 5.73 Å². The highest BCUT2D eigenvalue weighted by Crippen LogP contribution is 2.17. The second-order valence-electron chi connectivity index (χ2n) is 4.13. The van der Waals surface area contributed by atoms with Crippen LogP contribution in [0.2, 0.25) is 0 Å². The van der Waals surface area contributed by atoms with Crippen molar-refractivity contribution in [3.63, 3.8) is 0 Å². The normalized spacial score (nSPS) is 16.0. The maximum atomic E-state index is 9.87. The number of benzene rings is 1. The van der Waals surface area contributed by atoms with Gasteiger partial charge in [0, 0.05) is 6.54 Å². The van der Waals surface area contributed by atoms with Gasteiger partial charge in [-0.2, -0.15) is 15.0 Å². The molecule has 0 aliphatic carbocycles. The van der Waals surface area contributed by atoms with E-state index in [1.165, 1.54) is 11.0 Å². The zero-order chi connectivity index (χ0) is 13.8. The molecule has 1 aromatic carbocycles. The monoisotopic (exact) mass is 264 g/mol. The minimum atomic E-state index is -1.40. The van der Waals surface area contributed by atoms with E-state index >= 15 is 0 Å². The molecule has 0 bridgehead atoms. The van der Waals surface area contributed by atoms with Crippen LogP contribution in [0.15, 0.2) is 36.5 Å². The van der Waals surface area contributed by atoms with E-state index in [0.29, 0.717) is 0 Å². The van der Waals surface area contributed by atoms with E-state index in [1.807, 2.05) is 18.2 Å². The Kier molecular flexibility index (Phi) is 4.23. The Hall–Kier alpha value is -1.80. The summed E-state index contributed by atoms with van der Waals surface area (Å²) in [5.41, 5.74) is 6.12. The summed E-state index contributed by atoms with van der Waals surface area (Å²) in [6.07, 6.45) is -2.61. The number of para-hydroxylation sites is 1. The fourth-order valence-electron chi connectivity index (χ4n) is 1.62. The number of nitrogens with zero attached hydrogens (tertiary/aromatic N) is 3. The molecule has 2 aromatic rings. The van der Waals surface area contributed by atoms with Crippen molar-refractivity contribution in [2.75, 3.05) is 6.54 Å². The van der Waals surface area contributed by atoms with E-state index in [0.717, 1.165) is 5.69 Å². The number of aromatic nitrogens is 3. The predicted octanol–water partition coefficient (Wildman–Crippen LogP) is -1.02. The molecule has 0 radical (unpaired) electrons. The lowest BCUT2D eigenvalue weighted by Crippen LogP contribution is -2.37. The highest BCUT2D eigenvalue weighted by atomic mass is 16.4. The summed E-state index contributed by atoms with van der Waals surface area (Å²) < 4.78 is 0. The minimum Gasteiger partial charge on any atom is -0.389 e. The van der Waals surface area contributed by atoms with E-state index < -0.39 is 18.3 Å². The number of nitrogens with two attached hydrogens (primary N) is 1. The molecule has 2 rings (SSSR count). The Bertz CT molecular complexity index is 517. The zero-order valence-electron chi connectivity index (χ0n) is 10.2. The van der Waals surface area contributed by atoms with Gasteiger partial charge in [0.25, 0.3) is 0 Å². The lowest BCUT2D eigenvalue weighted by molar-refractivity contribution is -0.0582. The lowest BCUT2D eigenvalue weighted by Gasteiger charge is -2.19. The quantitative estimate of drug-likeness (QED) is 0.549. The Labute approximate surface area is 109 Å². The Balaban J connectivity index is 2.17. The van der Waals surface area contributed by atoms with Crippen LogP contribution < -0.4 is 5.73 Å². The maximum absolute atomic E-state index is 9.87. The number of hydrogen-bond donors (Lipinski definition) is 4. The van der Waals surface area contributed by atoms with Crippen molar-refractivity contribution >= 4 is 0 Å². The summed E-state index contributed by atoms with van der Waals surface area (Å²) in [4.78, 5) is 1.33. The van der Waals surface area contributed by atoms with Crippen LogP contribution in [0.1, 0.15) is 11.8 Å². The highest BCUT2D eigenvalue weighted by Gasteiger charge is 2.27. The molecule has 3 atom stereocenters. The summed E-state index contributed by atoms with van der Waals surface area (Å²) in [6.45, 7) is -0.148. The first-order valence-corrected chi connectivity index (χ1v) is 5.85. The average Bonchev–Trinajstić information content (AvgIpc) is 2.95.